The Labute approximate surface area is 375 Å². The standard InChI is InChI=1S/C60H36F4N2/c1-33-11-13-35-7-3-5-9-43(35)57(33)59-45-21-19-42(66-55-25-17-39(63)29-49(55)50-30-40(64)18-26-56(50)66)32-52(45)60(58-34(2)12-14-36-8-4-6-10-44(36)58)46-22-20-41(31-51(46)59)65-53-23-15-37(61)27-47(53)48-28-38(62)16-24-54(48)65/h3-32H,1-2H3. The number of rotatable bonds is 4. The van der Waals surface area contributed by atoms with Crippen LogP contribution in [0.25, 0.3) is 120 Å². The molecule has 13 rings (SSSR count). The highest BCUT2D eigenvalue weighted by Crippen LogP contribution is 2.50. The molecule has 13 aromatic rings. The number of hydrogen-bond acceptors (Lipinski definition) is 0. The molecule has 314 valence electrons. The van der Waals surface area contributed by atoms with Crippen molar-refractivity contribution in [3.05, 3.63) is 216 Å². The molecule has 0 N–H and O–H groups in total. The molecule has 0 saturated carbocycles. The minimum absolute atomic E-state index is 0.390. The minimum atomic E-state index is -0.390. The topological polar surface area (TPSA) is 9.86 Å². The Kier molecular flexibility index (Phi) is 8.20. The Balaban J connectivity index is 1.24. The molecular formula is C60H36F4N2. The fraction of sp³-hybridized carbons (Fsp3) is 0.0333. The van der Waals surface area contributed by atoms with Crippen molar-refractivity contribution >= 4 is 86.7 Å². The van der Waals surface area contributed by atoms with Crippen molar-refractivity contribution in [3.63, 3.8) is 0 Å². The Morgan fingerprint density at radius 3 is 0.985 bits per heavy atom. The lowest BCUT2D eigenvalue weighted by Gasteiger charge is -2.23. The van der Waals surface area contributed by atoms with Gasteiger partial charge in [0.15, 0.2) is 0 Å². The first-order chi connectivity index (χ1) is 32.2. The van der Waals surface area contributed by atoms with Crippen LogP contribution in [0.3, 0.4) is 0 Å². The number of benzene rings is 11. The van der Waals surface area contributed by atoms with Crippen LogP contribution in [0.2, 0.25) is 0 Å². The summed E-state index contributed by atoms with van der Waals surface area (Å²) in [6.45, 7) is 4.32. The molecule has 0 unspecified atom stereocenters. The Hall–Kier alpha value is -8.22. The molecule has 0 aliphatic rings. The van der Waals surface area contributed by atoms with Crippen LogP contribution in [0.1, 0.15) is 11.1 Å². The summed E-state index contributed by atoms with van der Waals surface area (Å²) in [5.41, 5.74) is 11.3. The largest absolute Gasteiger partial charge is 0.309 e. The van der Waals surface area contributed by atoms with Crippen LogP contribution in [-0.4, -0.2) is 9.13 Å². The fourth-order valence-corrected chi connectivity index (χ4v) is 10.9. The molecule has 0 bridgehead atoms. The third-order valence-electron chi connectivity index (χ3n) is 13.8. The molecule has 0 spiro atoms. The van der Waals surface area contributed by atoms with Crippen LogP contribution >= 0.6 is 0 Å². The van der Waals surface area contributed by atoms with E-state index in [1.807, 2.05) is 0 Å². The normalized spacial score (nSPS) is 12.1. The minimum Gasteiger partial charge on any atom is -0.309 e. The highest BCUT2D eigenvalue weighted by molar-refractivity contribution is 6.27. The second kappa shape index (κ2) is 14.1. The number of nitrogens with zero attached hydrogens (tertiary/aromatic N) is 2. The van der Waals surface area contributed by atoms with Crippen molar-refractivity contribution in [2.24, 2.45) is 0 Å². The molecule has 2 heterocycles. The molecule has 0 aliphatic heterocycles. The van der Waals surface area contributed by atoms with Crippen LogP contribution in [0, 0.1) is 37.1 Å². The maximum Gasteiger partial charge on any atom is 0.123 e. The lowest BCUT2D eigenvalue weighted by Crippen LogP contribution is -2.00. The van der Waals surface area contributed by atoms with E-state index < -0.39 is 0 Å². The first-order valence-corrected chi connectivity index (χ1v) is 22.0. The van der Waals surface area contributed by atoms with Crippen LogP contribution in [0.5, 0.6) is 0 Å². The van der Waals surface area contributed by atoms with Crippen molar-refractivity contribution in [2.75, 3.05) is 0 Å². The zero-order chi connectivity index (χ0) is 44.5. The molecule has 2 nitrogen and oxygen atoms in total. The summed E-state index contributed by atoms with van der Waals surface area (Å²) in [5, 5.41) is 11.0. The van der Waals surface area contributed by atoms with Crippen LogP contribution in [0.4, 0.5) is 17.6 Å². The molecule has 0 aliphatic carbocycles. The molecule has 0 fully saturated rings. The van der Waals surface area contributed by atoms with Gasteiger partial charge in [0, 0.05) is 32.9 Å². The molecule has 66 heavy (non-hydrogen) atoms. The molecule has 0 saturated heterocycles. The van der Waals surface area contributed by atoms with Gasteiger partial charge in [0.2, 0.25) is 0 Å². The van der Waals surface area contributed by atoms with E-state index in [2.05, 4.69) is 132 Å². The predicted molar refractivity (Wildman–Crippen MR) is 265 cm³/mol. The summed E-state index contributed by atoms with van der Waals surface area (Å²) in [5.74, 6) is -1.56. The van der Waals surface area contributed by atoms with Crippen LogP contribution < -0.4 is 0 Å². The zero-order valence-electron chi connectivity index (χ0n) is 35.7. The number of fused-ring (bicyclic) bond motifs is 10. The van der Waals surface area contributed by atoms with Gasteiger partial charge in [-0.3, -0.25) is 0 Å². The van der Waals surface area contributed by atoms with E-state index in [0.717, 1.165) is 110 Å². The molecule has 11 aromatic carbocycles. The lowest BCUT2D eigenvalue weighted by atomic mass is 9.81. The Morgan fingerprint density at radius 2 is 0.621 bits per heavy atom. The highest BCUT2D eigenvalue weighted by atomic mass is 19.1. The Morgan fingerprint density at radius 1 is 0.273 bits per heavy atom. The van der Waals surface area contributed by atoms with Crippen molar-refractivity contribution < 1.29 is 17.6 Å². The highest BCUT2D eigenvalue weighted by Gasteiger charge is 2.25. The zero-order valence-corrected chi connectivity index (χ0v) is 35.7. The van der Waals surface area contributed by atoms with Crippen LogP contribution in [0.15, 0.2) is 182 Å². The number of aromatic nitrogens is 2. The Bertz CT molecular complexity index is 3860. The fourth-order valence-electron chi connectivity index (χ4n) is 10.9. The molecule has 0 amide bonds. The van der Waals surface area contributed by atoms with E-state index in [1.165, 1.54) is 48.5 Å². The molecule has 0 atom stereocenters. The van der Waals surface area contributed by atoms with Gasteiger partial charge in [-0.25, -0.2) is 17.6 Å². The molecule has 0 radical (unpaired) electrons. The van der Waals surface area contributed by atoms with E-state index in [9.17, 15) is 17.6 Å². The van der Waals surface area contributed by atoms with Gasteiger partial charge in [-0.1, -0.05) is 84.9 Å². The third kappa shape index (κ3) is 5.54. The third-order valence-corrected chi connectivity index (χ3v) is 13.8. The summed E-state index contributed by atoms with van der Waals surface area (Å²) in [7, 11) is 0. The maximum absolute atomic E-state index is 15.0. The average Bonchev–Trinajstić information content (AvgIpc) is 3.81. The van der Waals surface area contributed by atoms with Crippen molar-refractivity contribution in [2.45, 2.75) is 13.8 Å². The van der Waals surface area contributed by atoms with E-state index in [0.29, 0.717) is 21.5 Å². The summed E-state index contributed by atoms with van der Waals surface area (Å²) in [4.78, 5) is 0. The van der Waals surface area contributed by atoms with E-state index in [-0.39, 0.29) is 23.3 Å². The smallest absolute Gasteiger partial charge is 0.123 e. The van der Waals surface area contributed by atoms with E-state index in [4.69, 9.17) is 0 Å². The van der Waals surface area contributed by atoms with Gasteiger partial charge in [-0.05, 0) is 187 Å². The summed E-state index contributed by atoms with van der Waals surface area (Å²) >= 11 is 0. The number of hydrogen-bond donors (Lipinski definition) is 0. The van der Waals surface area contributed by atoms with Gasteiger partial charge in [0.25, 0.3) is 0 Å². The van der Waals surface area contributed by atoms with Gasteiger partial charge < -0.3 is 9.13 Å². The lowest BCUT2D eigenvalue weighted by molar-refractivity contribution is 0.628. The van der Waals surface area contributed by atoms with E-state index in [1.54, 1.807) is 24.3 Å². The average molecular weight is 861 g/mol. The number of aryl methyl sites for hydroxylation is 2. The van der Waals surface area contributed by atoms with Gasteiger partial charge >= 0.3 is 0 Å². The molecular weight excluding hydrogens is 825 g/mol. The maximum atomic E-state index is 15.0. The van der Waals surface area contributed by atoms with Crippen molar-refractivity contribution in [3.8, 4) is 33.6 Å². The summed E-state index contributed by atoms with van der Waals surface area (Å²) < 4.78 is 64.0. The van der Waals surface area contributed by atoms with Gasteiger partial charge in [0.05, 0.1) is 22.1 Å². The van der Waals surface area contributed by atoms with Gasteiger partial charge in [0.1, 0.15) is 23.3 Å². The first-order valence-electron chi connectivity index (χ1n) is 22.0. The second-order valence-electron chi connectivity index (χ2n) is 17.5. The van der Waals surface area contributed by atoms with Crippen molar-refractivity contribution in [1.82, 2.24) is 9.13 Å². The molecule has 2 aromatic heterocycles. The number of halogens is 4. The van der Waals surface area contributed by atoms with Crippen LogP contribution in [-0.2, 0) is 0 Å². The van der Waals surface area contributed by atoms with E-state index >= 15 is 0 Å². The summed E-state index contributed by atoms with van der Waals surface area (Å²) in [6, 6.07) is 57.6. The predicted octanol–water partition coefficient (Wildman–Crippen LogP) is 17.0. The SMILES string of the molecule is Cc1ccc2ccccc2c1-c1c2ccc(-n3c4ccc(F)cc4c4cc(F)ccc43)cc2c(-c2c(C)ccc3ccccc23)c2ccc(-n3c4ccc(F)cc4c4cc(F)ccc43)cc12. The summed E-state index contributed by atoms with van der Waals surface area (Å²) in [6.07, 6.45) is 0. The molecule has 6 heteroatoms. The van der Waals surface area contributed by atoms with Crippen molar-refractivity contribution in [1.29, 1.82) is 0 Å². The van der Waals surface area contributed by atoms with Gasteiger partial charge in [-0.15, -0.1) is 0 Å². The monoisotopic (exact) mass is 860 g/mol. The quantitative estimate of drug-likeness (QED) is 0.123. The first kappa shape index (κ1) is 38.3. The second-order valence-corrected chi connectivity index (χ2v) is 17.5. The van der Waals surface area contributed by atoms with Gasteiger partial charge in [-0.2, -0.15) is 0 Å².